The number of carbonyl (C=O) groups excluding carboxylic acids is 1. The first-order valence-corrected chi connectivity index (χ1v) is 10.8. The summed E-state index contributed by atoms with van der Waals surface area (Å²) in [6, 6.07) is 5.73. The van der Waals surface area contributed by atoms with Crippen LogP contribution in [0.1, 0.15) is 36.5 Å². The number of anilines is 1. The summed E-state index contributed by atoms with van der Waals surface area (Å²) < 4.78 is 0. The number of benzene rings is 1. The Morgan fingerprint density at radius 1 is 1.36 bits per heavy atom. The number of nitrogens with one attached hydrogen (secondary N) is 1. The molecule has 1 aromatic rings. The summed E-state index contributed by atoms with van der Waals surface area (Å²) in [5.74, 6) is 0.0149. The van der Waals surface area contributed by atoms with E-state index >= 15 is 0 Å². The second-order valence-electron chi connectivity index (χ2n) is 5.82. The predicted molar refractivity (Wildman–Crippen MR) is 94.1 cm³/mol. The van der Waals surface area contributed by atoms with Gasteiger partial charge in [0.05, 0.1) is 11.6 Å². The van der Waals surface area contributed by atoms with Gasteiger partial charge in [-0.3, -0.25) is 4.79 Å². The molecule has 0 fully saturated rings. The van der Waals surface area contributed by atoms with Gasteiger partial charge in [-0.2, -0.15) is 5.26 Å². The third-order valence-electron chi connectivity index (χ3n) is 3.53. The maximum atomic E-state index is 12.6. The summed E-state index contributed by atoms with van der Waals surface area (Å²) in [7, 11) is 0. The minimum atomic E-state index is -1.66. The van der Waals surface area contributed by atoms with Gasteiger partial charge in [-0.15, -0.1) is 6.46 Å². The Balaban J connectivity index is 0.00000441. The number of hydrogen-bond acceptors (Lipinski definition) is 3. The largest absolute Gasteiger partial charge is 0.556 e. The van der Waals surface area contributed by atoms with Crippen LogP contribution in [-0.2, 0) is 49.8 Å². The first-order chi connectivity index (χ1) is 9.70. The molecule has 0 saturated heterocycles. The van der Waals surface area contributed by atoms with E-state index in [0.717, 1.165) is 29.7 Å². The molecule has 0 aliphatic carbocycles. The minimum absolute atomic E-state index is 0. The van der Waals surface area contributed by atoms with Gasteiger partial charge in [-0.25, -0.2) is 0 Å². The van der Waals surface area contributed by atoms with Crippen molar-refractivity contribution in [1.82, 2.24) is 0 Å². The number of hydrogen-bond donors (Lipinski definition) is 1. The molecule has 117 valence electrons. The molecular weight excluding hydrogens is 388 g/mol. The van der Waals surface area contributed by atoms with Crippen molar-refractivity contribution in [3.05, 3.63) is 28.8 Å². The Morgan fingerprint density at radius 3 is 2.23 bits per heavy atom. The Morgan fingerprint density at radius 2 is 1.86 bits per heavy atom. The van der Waals surface area contributed by atoms with Crippen LogP contribution in [0, 0.1) is 25.2 Å². The molecule has 0 bridgehead atoms. The van der Waals surface area contributed by atoms with Gasteiger partial charge >= 0.3 is 0 Å². The topological polar surface area (TPSA) is 52.9 Å². The van der Waals surface area contributed by atoms with E-state index in [1.165, 1.54) is 0 Å². The molecule has 0 spiro atoms. The SMILES string of the molecule is CCCC(C(=O)Nc1c(C)cc(C#N)cc1C)[P+](C)(C)[S-].[Y]. The van der Waals surface area contributed by atoms with Crippen molar-refractivity contribution in [3.63, 3.8) is 0 Å². The second kappa shape index (κ2) is 9.38. The fourth-order valence-corrected chi connectivity index (χ4v) is 4.54. The Kier molecular flexibility index (Phi) is 9.41. The van der Waals surface area contributed by atoms with Crippen LogP contribution in [0.15, 0.2) is 12.1 Å². The number of nitrogens with zero attached hydrogens (tertiary/aromatic N) is 1. The molecule has 0 saturated carbocycles. The summed E-state index contributed by atoms with van der Waals surface area (Å²) in [6.07, 6.45) is 1.77. The summed E-state index contributed by atoms with van der Waals surface area (Å²) >= 11 is 5.58. The molecule has 22 heavy (non-hydrogen) atoms. The molecule has 0 aliphatic rings. The number of rotatable bonds is 5. The fourth-order valence-electron chi connectivity index (χ4n) is 2.43. The van der Waals surface area contributed by atoms with Gasteiger partial charge < -0.3 is 17.6 Å². The molecule has 1 radical (unpaired) electrons. The summed E-state index contributed by atoms with van der Waals surface area (Å²) in [5.41, 5.74) is 3.16. The van der Waals surface area contributed by atoms with Gasteiger partial charge in [0.25, 0.3) is 5.91 Å². The van der Waals surface area contributed by atoms with Crippen molar-refractivity contribution in [2.24, 2.45) is 0 Å². The fraction of sp³-hybridized carbons (Fsp3) is 0.500. The van der Waals surface area contributed by atoms with Gasteiger partial charge in [-0.1, -0.05) is 13.3 Å². The van der Waals surface area contributed by atoms with Crippen LogP contribution in [-0.4, -0.2) is 24.9 Å². The zero-order valence-corrected chi connectivity index (χ0v) is 18.5. The van der Waals surface area contributed by atoms with Crippen molar-refractivity contribution >= 4 is 30.3 Å². The van der Waals surface area contributed by atoms with Crippen molar-refractivity contribution < 1.29 is 37.5 Å². The molecule has 0 aromatic heterocycles. The van der Waals surface area contributed by atoms with E-state index in [9.17, 15) is 4.79 Å². The van der Waals surface area contributed by atoms with E-state index < -0.39 is 6.46 Å². The maximum Gasteiger partial charge on any atom is 0.263 e. The van der Waals surface area contributed by atoms with E-state index in [0.29, 0.717) is 5.56 Å². The zero-order chi connectivity index (χ0) is 16.2. The Bertz CT molecular complexity index is 555. The third kappa shape index (κ3) is 5.93. The number of aryl methyl sites for hydroxylation is 2. The van der Waals surface area contributed by atoms with E-state index in [1.54, 1.807) is 12.1 Å². The van der Waals surface area contributed by atoms with Crippen LogP contribution < -0.4 is 5.32 Å². The maximum absolute atomic E-state index is 12.6. The molecule has 1 amide bonds. The second-order valence-corrected chi connectivity index (χ2v) is 12.1. The minimum Gasteiger partial charge on any atom is -0.556 e. The number of nitriles is 1. The number of amides is 1. The van der Waals surface area contributed by atoms with Crippen LogP contribution in [0.25, 0.3) is 0 Å². The monoisotopic (exact) mass is 411 g/mol. The van der Waals surface area contributed by atoms with Gasteiger partial charge in [0.2, 0.25) is 0 Å². The molecule has 1 unspecified atom stereocenters. The standard InChI is InChI=1S/C16H23N2OPS.Y/c1-6-7-14(20(4,5)21)16(19)18-15-11(2)8-13(10-17)9-12(15)3;/h8-9,14H,6-7H2,1-5H3,(H,18,19);. The van der Waals surface area contributed by atoms with Gasteiger partial charge in [-0.05, 0) is 43.5 Å². The Labute approximate surface area is 165 Å². The quantitative estimate of drug-likeness (QED) is 0.588. The van der Waals surface area contributed by atoms with Gasteiger partial charge in [0, 0.05) is 51.7 Å². The molecule has 1 N–H and O–H groups in total. The first kappa shape index (κ1) is 22.1. The Hall–Kier alpha value is 0.0639. The molecule has 0 heterocycles. The van der Waals surface area contributed by atoms with E-state index in [-0.39, 0.29) is 44.3 Å². The van der Waals surface area contributed by atoms with Crippen molar-refractivity contribution in [2.45, 2.75) is 39.3 Å². The molecule has 1 rings (SSSR count). The van der Waals surface area contributed by atoms with Crippen LogP contribution >= 0.6 is 6.46 Å². The summed E-state index contributed by atoms with van der Waals surface area (Å²) in [4.78, 5) is 12.6. The zero-order valence-electron chi connectivity index (χ0n) is 13.9. The van der Waals surface area contributed by atoms with Crippen molar-refractivity contribution in [2.75, 3.05) is 18.6 Å². The molecular formula is C16H23N2OPSY. The van der Waals surface area contributed by atoms with Crippen LogP contribution in [0.4, 0.5) is 5.69 Å². The van der Waals surface area contributed by atoms with Gasteiger partial charge in [0.15, 0.2) is 0 Å². The average molecular weight is 411 g/mol. The van der Waals surface area contributed by atoms with Crippen molar-refractivity contribution in [3.8, 4) is 6.07 Å². The average Bonchev–Trinajstić information content (AvgIpc) is 2.38. The third-order valence-corrected chi connectivity index (χ3v) is 6.28. The first-order valence-electron chi connectivity index (χ1n) is 7.07. The van der Waals surface area contributed by atoms with Gasteiger partial charge in [0.1, 0.15) is 5.66 Å². The normalized spacial score (nSPS) is 12.0. The number of carbonyl (C=O) groups is 1. The summed E-state index contributed by atoms with van der Waals surface area (Å²) in [6.45, 7) is 8.29. The molecule has 3 nitrogen and oxygen atoms in total. The molecule has 1 aromatic carbocycles. The summed E-state index contributed by atoms with van der Waals surface area (Å²) in [5, 5.41) is 12.0. The van der Waals surface area contributed by atoms with Crippen LogP contribution in [0.5, 0.6) is 0 Å². The van der Waals surface area contributed by atoms with Crippen LogP contribution in [0.2, 0.25) is 0 Å². The van der Waals surface area contributed by atoms with E-state index in [1.807, 2.05) is 27.2 Å². The van der Waals surface area contributed by atoms with E-state index in [4.69, 9.17) is 17.5 Å². The molecule has 1 atom stereocenters. The van der Waals surface area contributed by atoms with Crippen molar-refractivity contribution in [1.29, 1.82) is 5.26 Å². The van der Waals surface area contributed by atoms with Crippen LogP contribution in [0.3, 0.4) is 0 Å². The smallest absolute Gasteiger partial charge is 0.263 e. The predicted octanol–water partition coefficient (Wildman–Crippen LogP) is 4.02. The van der Waals surface area contributed by atoms with E-state index in [2.05, 4.69) is 18.3 Å². The molecule has 6 heteroatoms. The molecule has 0 aliphatic heterocycles.